The maximum Gasteiger partial charge on any atom is 0.123 e. The van der Waals surface area contributed by atoms with Crippen molar-refractivity contribution >= 4 is 0 Å². The molecule has 0 radical (unpaired) electrons. The first-order chi connectivity index (χ1) is 6.98. The van der Waals surface area contributed by atoms with E-state index in [1.165, 1.54) is 0 Å². The molecule has 1 aliphatic heterocycles. The van der Waals surface area contributed by atoms with E-state index in [1.54, 1.807) is 12.1 Å². The van der Waals surface area contributed by atoms with E-state index in [9.17, 15) is 5.11 Å². The molecular weight excluding hydrogens is 190 g/mol. The molecule has 0 saturated carbocycles. The van der Waals surface area contributed by atoms with Gasteiger partial charge in [-0.15, -0.1) is 0 Å². The van der Waals surface area contributed by atoms with Crippen LogP contribution >= 0.6 is 0 Å². The Kier molecular flexibility index (Phi) is 2.35. The van der Waals surface area contributed by atoms with Crippen molar-refractivity contribution in [3.8, 4) is 11.5 Å². The average Bonchev–Trinajstić information content (AvgIpc) is 2.15. The van der Waals surface area contributed by atoms with Crippen molar-refractivity contribution < 1.29 is 9.84 Å². The van der Waals surface area contributed by atoms with Crippen molar-refractivity contribution in [2.45, 2.75) is 31.7 Å². The molecule has 1 heterocycles. The molecule has 1 aromatic carbocycles. The van der Waals surface area contributed by atoms with Crippen molar-refractivity contribution in [3.63, 3.8) is 0 Å². The number of benzene rings is 1. The van der Waals surface area contributed by atoms with E-state index in [4.69, 9.17) is 10.5 Å². The minimum absolute atomic E-state index is 0.244. The molecule has 2 rings (SSSR count). The molecule has 82 valence electrons. The van der Waals surface area contributed by atoms with E-state index in [1.807, 2.05) is 19.9 Å². The van der Waals surface area contributed by atoms with Gasteiger partial charge in [0.25, 0.3) is 0 Å². The summed E-state index contributed by atoms with van der Waals surface area (Å²) < 4.78 is 5.54. The van der Waals surface area contributed by atoms with Crippen molar-refractivity contribution in [1.29, 1.82) is 0 Å². The second-order valence-corrected chi connectivity index (χ2v) is 4.73. The molecule has 0 amide bonds. The largest absolute Gasteiger partial charge is 0.508 e. The zero-order valence-electron chi connectivity index (χ0n) is 9.16. The van der Waals surface area contributed by atoms with Gasteiger partial charge in [0.2, 0.25) is 0 Å². The Labute approximate surface area is 89.9 Å². The van der Waals surface area contributed by atoms with Crippen LogP contribution in [0.5, 0.6) is 11.5 Å². The normalized spacial score (nSPS) is 20.6. The third-order valence-electron chi connectivity index (χ3n) is 2.93. The summed E-state index contributed by atoms with van der Waals surface area (Å²) >= 11 is 0. The number of phenols is 1. The lowest BCUT2D eigenvalue weighted by atomic mass is 9.79. The number of ether oxygens (including phenoxy) is 1. The maximum absolute atomic E-state index is 9.48. The highest BCUT2D eigenvalue weighted by molar-refractivity contribution is 5.44. The van der Waals surface area contributed by atoms with E-state index < -0.39 is 0 Å². The van der Waals surface area contributed by atoms with Gasteiger partial charge in [-0.25, -0.2) is 0 Å². The molecule has 15 heavy (non-hydrogen) atoms. The molecule has 0 bridgehead atoms. The minimum Gasteiger partial charge on any atom is -0.508 e. The van der Waals surface area contributed by atoms with E-state index in [2.05, 4.69) is 0 Å². The number of nitrogens with two attached hydrogens (primary N) is 1. The van der Waals surface area contributed by atoms with Crippen LogP contribution in [0.4, 0.5) is 0 Å². The first-order valence-electron chi connectivity index (χ1n) is 5.23. The minimum atomic E-state index is -0.285. The Bertz CT molecular complexity index is 368. The number of aromatic hydroxyl groups is 1. The zero-order valence-corrected chi connectivity index (χ0v) is 9.16. The summed E-state index contributed by atoms with van der Waals surface area (Å²) in [7, 11) is 0. The molecule has 3 nitrogen and oxygen atoms in total. The Morgan fingerprint density at radius 1 is 1.47 bits per heavy atom. The summed E-state index contributed by atoms with van der Waals surface area (Å²) in [6.45, 7) is 4.72. The summed E-state index contributed by atoms with van der Waals surface area (Å²) in [5.74, 6) is 1.37. The fraction of sp³-hybridized carbons (Fsp3) is 0.500. The fourth-order valence-electron chi connectivity index (χ4n) is 2.15. The number of hydrogen-bond donors (Lipinski definition) is 2. The van der Waals surface area contributed by atoms with Crippen LogP contribution in [0.3, 0.4) is 0 Å². The summed E-state index contributed by atoms with van der Waals surface area (Å²) in [4.78, 5) is 0. The SMILES string of the molecule is CC(C)(N)C1CCOc2ccc(O)cc21. The zero-order chi connectivity index (χ0) is 11.1. The molecule has 1 unspecified atom stereocenters. The molecule has 3 N–H and O–H groups in total. The fourth-order valence-corrected chi connectivity index (χ4v) is 2.15. The van der Waals surface area contributed by atoms with Gasteiger partial charge in [0.1, 0.15) is 11.5 Å². The number of fused-ring (bicyclic) bond motifs is 1. The molecule has 0 spiro atoms. The average molecular weight is 207 g/mol. The predicted molar refractivity (Wildman–Crippen MR) is 59.2 cm³/mol. The van der Waals surface area contributed by atoms with Crippen LogP contribution in [0.25, 0.3) is 0 Å². The van der Waals surface area contributed by atoms with Gasteiger partial charge in [0, 0.05) is 17.0 Å². The standard InChI is InChI=1S/C12H17NO2/c1-12(2,13)10-5-6-15-11-4-3-8(14)7-9(10)11/h3-4,7,10,14H,5-6,13H2,1-2H3. The Morgan fingerprint density at radius 2 is 2.20 bits per heavy atom. The van der Waals surface area contributed by atoms with Gasteiger partial charge < -0.3 is 15.6 Å². The highest BCUT2D eigenvalue weighted by Crippen LogP contribution is 2.40. The van der Waals surface area contributed by atoms with Gasteiger partial charge in [-0.2, -0.15) is 0 Å². The van der Waals surface area contributed by atoms with Crippen LogP contribution in [-0.2, 0) is 0 Å². The van der Waals surface area contributed by atoms with Gasteiger partial charge in [-0.1, -0.05) is 0 Å². The highest BCUT2D eigenvalue weighted by atomic mass is 16.5. The Hall–Kier alpha value is -1.22. The number of hydrogen-bond acceptors (Lipinski definition) is 3. The summed E-state index contributed by atoms with van der Waals surface area (Å²) in [6, 6.07) is 5.21. The molecule has 1 atom stereocenters. The van der Waals surface area contributed by atoms with Gasteiger partial charge in [-0.3, -0.25) is 0 Å². The lowest BCUT2D eigenvalue weighted by Gasteiger charge is -2.35. The molecule has 0 saturated heterocycles. The van der Waals surface area contributed by atoms with Gasteiger partial charge in [-0.05, 0) is 38.5 Å². The third-order valence-corrected chi connectivity index (χ3v) is 2.93. The molecule has 0 aromatic heterocycles. The predicted octanol–water partition coefficient (Wildman–Crippen LogP) is 2.00. The first kappa shape index (κ1) is 10.3. The van der Waals surface area contributed by atoms with E-state index in [-0.39, 0.29) is 17.2 Å². The third kappa shape index (κ3) is 1.92. The van der Waals surface area contributed by atoms with Crippen molar-refractivity contribution in [2.75, 3.05) is 6.61 Å². The number of rotatable bonds is 1. The topological polar surface area (TPSA) is 55.5 Å². The molecule has 1 aromatic rings. The lowest BCUT2D eigenvalue weighted by molar-refractivity contribution is 0.233. The maximum atomic E-state index is 9.48. The van der Waals surface area contributed by atoms with E-state index >= 15 is 0 Å². The monoisotopic (exact) mass is 207 g/mol. The van der Waals surface area contributed by atoms with Crippen LogP contribution in [0.15, 0.2) is 18.2 Å². The van der Waals surface area contributed by atoms with Crippen LogP contribution < -0.4 is 10.5 Å². The van der Waals surface area contributed by atoms with E-state index in [0.29, 0.717) is 6.61 Å². The Balaban J connectivity index is 2.45. The van der Waals surface area contributed by atoms with Crippen LogP contribution in [-0.4, -0.2) is 17.3 Å². The second kappa shape index (κ2) is 3.42. The molecular formula is C12H17NO2. The van der Waals surface area contributed by atoms with E-state index in [0.717, 1.165) is 17.7 Å². The quantitative estimate of drug-likeness (QED) is 0.740. The lowest BCUT2D eigenvalue weighted by Crippen LogP contribution is -2.41. The smallest absolute Gasteiger partial charge is 0.123 e. The van der Waals surface area contributed by atoms with Crippen LogP contribution in [0.2, 0.25) is 0 Å². The molecule has 1 aliphatic rings. The first-order valence-corrected chi connectivity index (χ1v) is 5.23. The summed E-state index contributed by atoms with van der Waals surface area (Å²) in [6.07, 6.45) is 0.903. The van der Waals surface area contributed by atoms with Crippen LogP contribution in [0.1, 0.15) is 31.7 Å². The molecule has 0 fully saturated rings. The van der Waals surface area contributed by atoms with Gasteiger partial charge >= 0.3 is 0 Å². The van der Waals surface area contributed by atoms with Crippen molar-refractivity contribution in [2.24, 2.45) is 5.73 Å². The van der Waals surface area contributed by atoms with Crippen LogP contribution in [0, 0.1) is 0 Å². The summed E-state index contributed by atoms with van der Waals surface area (Å²) in [5, 5.41) is 9.48. The van der Waals surface area contributed by atoms with Crippen molar-refractivity contribution in [3.05, 3.63) is 23.8 Å². The van der Waals surface area contributed by atoms with Crippen molar-refractivity contribution in [1.82, 2.24) is 0 Å². The summed E-state index contributed by atoms with van der Waals surface area (Å²) in [5.41, 5.74) is 6.87. The van der Waals surface area contributed by atoms with Gasteiger partial charge in [0.15, 0.2) is 0 Å². The second-order valence-electron chi connectivity index (χ2n) is 4.73. The number of phenolic OH excluding ortho intramolecular Hbond substituents is 1. The Morgan fingerprint density at radius 3 is 2.87 bits per heavy atom. The molecule has 0 aliphatic carbocycles. The van der Waals surface area contributed by atoms with Gasteiger partial charge in [0.05, 0.1) is 6.61 Å². The highest BCUT2D eigenvalue weighted by Gasteiger charge is 2.32. The molecule has 3 heteroatoms.